The van der Waals surface area contributed by atoms with Gasteiger partial charge < -0.3 is 14.2 Å². The minimum Gasteiger partial charge on any atom is -0.462 e. The van der Waals surface area contributed by atoms with Crippen molar-refractivity contribution >= 4 is 17.9 Å². The van der Waals surface area contributed by atoms with Crippen molar-refractivity contribution in [3.8, 4) is 0 Å². The van der Waals surface area contributed by atoms with Gasteiger partial charge in [0.25, 0.3) is 0 Å². The average molecular weight is 859 g/mol. The smallest absolute Gasteiger partial charge is 0.306 e. The largest absolute Gasteiger partial charge is 0.462 e. The van der Waals surface area contributed by atoms with Crippen LogP contribution in [0.15, 0.2) is 24.3 Å². The zero-order chi connectivity index (χ0) is 44.4. The average Bonchev–Trinajstić information content (AvgIpc) is 3.26. The van der Waals surface area contributed by atoms with Crippen LogP contribution in [-0.4, -0.2) is 37.2 Å². The van der Waals surface area contributed by atoms with Crippen molar-refractivity contribution in [2.45, 2.75) is 297 Å². The topological polar surface area (TPSA) is 78.9 Å². The van der Waals surface area contributed by atoms with Gasteiger partial charge in [0.2, 0.25) is 0 Å². The van der Waals surface area contributed by atoms with E-state index in [4.69, 9.17) is 14.2 Å². The fraction of sp³-hybridized carbons (Fsp3) is 0.873. The summed E-state index contributed by atoms with van der Waals surface area (Å²) in [5.41, 5.74) is 0. The number of hydrogen-bond acceptors (Lipinski definition) is 6. The Hall–Kier alpha value is -2.11. The summed E-state index contributed by atoms with van der Waals surface area (Å²) in [4.78, 5) is 38.0. The maximum atomic E-state index is 12.8. The highest BCUT2D eigenvalue weighted by Crippen LogP contribution is 2.16. The molecule has 0 saturated heterocycles. The number of allylic oxidation sites excluding steroid dienone is 4. The van der Waals surface area contributed by atoms with Crippen molar-refractivity contribution in [1.82, 2.24) is 0 Å². The lowest BCUT2D eigenvalue weighted by molar-refractivity contribution is -0.167. The van der Waals surface area contributed by atoms with Crippen molar-refractivity contribution in [2.24, 2.45) is 0 Å². The summed E-state index contributed by atoms with van der Waals surface area (Å²) in [5, 5.41) is 0. The van der Waals surface area contributed by atoms with E-state index in [0.717, 1.165) is 70.6 Å². The van der Waals surface area contributed by atoms with Gasteiger partial charge in [0.15, 0.2) is 6.10 Å². The number of carbonyl (C=O) groups is 3. The molecule has 0 aromatic rings. The standard InChI is InChI=1S/C55H102O6/c1-4-7-10-13-16-19-22-25-26-27-28-31-34-37-40-43-46-49-55(58)61-52(50-59-53(56)47-44-41-38-35-32-29-23-20-17-14-11-8-5-2)51-60-54(57)48-45-42-39-36-33-30-24-21-18-15-12-9-6-3/h20-21,23-24,52H,4-19,22,25-51H2,1-3H3/b23-20-,24-21-. The monoisotopic (exact) mass is 859 g/mol. The molecular weight excluding hydrogens is 757 g/mol. The van der Waals surface area contributed by atoms with Gasteiger partial charge >= 0.3 is 17.9 Å². The van der Waals surface area contributed by atoms with Gasteiger partial charge in [-0.1, -0.05) is 225 Å². The van der Waals surface area contributed by atoms with Crippen LogP contribution in [0.4, 0.5) is 0 Å². The van der Waals surface area contributed by atoms with Crippen molar-refractivity contribution in [3.05, 3.63) is 24.3 Å². The van der Waals surface area contributed by atoms with E-state index in [9.17, 15) is 14.4 Å². The normalized spacial score (nSPS) is 11.7. The SMILES string of the molecule is CCCCCC/C=C\CCCCCCCC(=O)OCC(COC(=O)CCCCCCC/C=C\CCCCCC)OC(=O)CCCCCCCCCCCCCCCCCCC. The molecule has 0 radical (unpaired) electrons. The van der Waals surface area contributed by atoms with Crippen LogP contribution in [0.25, 0.3) is 0 Å². The molecule has 358 valence electrons. The first-order chi connectivity index (χ1) is 30.0. The summed E-state index contributed by atoms with van der Waals surface area (Å²) in [6, 6.07) is 0. The molecule has 0 aliphatic heterocycles. The first-order valence-electron chi connectivity index (χ1n) is 26.8. The fourth-order valence-corrected chi connectivity index (χ4v) is 7.84. The van der Waals surface area contributed by atoms with E-state index in [2.05, 4.69) is 45.1 Å². The van der Waals surface area contributed by atoms with Crippen LogP contribution in [0.2, 0.25) is 0 Å². The molecule has 6 heteroatoms. The highest BCUT2D eigenvalue weighted by Gasteiger charge is 2.19. The Kier molecular flexibility index (Phi) is 48.8. The van der Waals surface area contributed by atoms with Gasteiger partial charge in [0.05, 0.1) is 0 Å². The lowest BCUT2D eigenvalue weighted by Gasteiger charge is -2.18. The number of carbonyl (C=O) groups excluding carboxylic acids is 3. The Balaban J connectivity index is 4.34. The minimum atomic E-state index is -0.773. The van der Waals surface area contributed by atoms with Gasteiger partial charge in [-0.05, 0) is 70.6 Å². The molecule has 0 atom stereocenters. The van der Waals surface area contributed by atoms with Gasteiger partial charge in [0, 0.05) is 19.3 Å². The van der Waals surface area contributed by atoms with E-state index in [0.29, 0.717) is 19.3 Å². The van der Waals surface area contributed by atoms with Crippen LogP contribution in [0.5, 0.6) is 0 Å². The third kappa shape index (κ3) is 48.8. The van der Waals surface area contributed by atoms with E-state index in [1.54, 1.807) is 0 Å². The zero-order valence-electron chi connectivity index (χ0n) is 40.9. The van der Waals surface area contributed by atoms with Crippen LogP contribution < -0.4 is 0 Å². The van der Waals surface area contributed by atoms with Gasteiger partial charge in [0.1, 0.15) is 13.2 Å². The molecule has 0 heterocycles. The molecule has 0 fully saturated rings. The van der Waals surface area contributed by atoms with E-state index in [1.165, 1.54) is 180 Å². The van der Waals surface area contributed by atoms with Crippen LogP contribution in [0, 0.1) is 0 Å². The summed E-state index contributed by atoms with van der Waals surface area (Å²) in [7, 11) is 0. The maximum Gasteiger partial charge on any atom is 0.306 e. The molecule has 0 aliphatic carbocycles. The molecule has 0 spiro atoms. The highest BCUT2D eigenvalue weighted by atomic mass is 16.6. The van der Waals surface area contributed by atoms with Gasteiger partial charge in [-0.25, -0.2) is 0 Å². The first-order valence-corrected chi connectivity index (χ1v) is 26.8. The Morgan fingerprint density at radius 3 is 0.836 bits per heavy atom. The second-order valence-electron chi connectivity index (χ2n) is 18.1. The van der Waals surface area contributed by atoms with Crippen LogP contribution in [-0.2, 0) is 28.6 Å². The van der Waals surface area contributed by atoms with Gasteiger partial charge in [-0.2, -0.15) is 0 Å². The predicted molar refractivity (Wildman–Crippen MR) is 261 cm³/mol. The lowest BCUT2D eigenvalue weighted by Crippen LogP contribution is -2.30. The minimum absolute atomic E-state index is 0.0745. The highest BCUT2D eigenvalue weighted by molar-refractivity contribution is 5.71. The number of hydrogen-bond donors (Lipinski definition) is 0. The molecule has 0 amide bonds. The van der Waals surface area contributed by atoms with Gasteiger partial charge in [-0.15, -0.1) is 0 Å². The summed E-state index contributed by atoms with van der Waals surface area (Å²) >= 11 is 0. The second-order valence-corrected chi connectivity index (χ2v) is 18.1. The number of ether oxygens (including phenoxy) is 3. The van der Waals surface area contributed by atoms with E-state index in [-0.39, 0.29) is 31.1 Å². The quantitative estimate of drug-likeness (QED) is 0.0262. The molecule has 0 rings (SSSR count). The third-order valence-corrected chi connectivity index (χ3v) is 11.9. The van der Waals surface area contributed by atoms with Crippen molar-refractivity contribution in [3.63, 3.8) is 0 Å². The second kappa shape index (κ2) is 50.5. The lowest BCUT2D eigenvalue weighted by atomic mass is 10.0. The number of rotatable bonds is 49. The molecule has 0 unspecified atom stereocenters. The van der Waals surface area contributed by atoms with E-state index >= 15 is 0 Å². The molecule has 6 nitrogen and oxygen atoms in total. The number of esters is 3. The Labute approximate surface area is 379 Å². The fourth-order valence-electron chi connectivity index (χ4n) is 7.84. The zero-order valence-corrected chi connectivity index (χ0v) is 40.9. The van der Waals surface area contributed by atoms with Crippen LogP contribution in [0.1, 0.15) is 290 Å². The van der Waals surface area contributed by atoms with Crippen LogP contribution in [0.3, 0.4) is 0 Å². The maximum absolute atomic E-state index is 12.8. The van der Waals surface area contributed by atoms with E-state index < -0.39 is 6.10 Å². The molecule has 0 N–H and O–H groups in total. The summed E-state index contributed by atoms with van der Waals surface area (Å²) in [5.74, 6) is -0.876. The molecule has 0 aromatic heterocycles. The van der Waals surface area contributed by atoms with Crippen LogP contribution >= 0.6 is 0 Å². The summed E-state index contributed by atoms with van der Waals surface area (Å²) in [6.07, 6.45) is 57.3. The molecule has 0 aromatic carbocycles. The molecule has 61 heavy (non-hydrogen) atoms. The van der Waals surface area contributed by atoms with E-state index in [1.807, 2.05) is 0 Å². The number of unbranched alkanes of at least 4 members (excludes halogenated alkanes) is 34. The Bertz CT molecular complexity index is 937. The van der Waals surface area contributed by atoms with Gasteiger partial charge in [-0.3, -0.25) is 14.4 Å². The first kappa shape index (κ1) is 58.9. The Morgan fingerprint density at radius 1 is 0.311 bits per heavy atom. The molecular formula is C55H102O6. The predicted octanol–water partition coefficient (Wildman–Crippen LogP) is 17.5. The molecule has 0 saturated carbocycles. The molecule has 0 bridgehead atoms. The molecule has 0 aliphatic rings. The van der Waals surface area contributed by atoms with Crippen molar-refractivity contribution < 1.29 is 28.6 Å². The summed E-state index contributed by atoms with van der Waals surface area (Å²) < 4.78 is 16.8. The summed E-state index contributed by atoms with van der Waals surface area (Å²) in [6.45, 7) is 6.63. The van der Waals surface area contributed by atoms with Crippen molar-refractivity contribution in [1.29, 1.82) is 0 Å². The Morgan fingerprint density at radius 2 is 0.541 bits per heavy atom. The third-order valence-electron chi connectivity index (χ3n) is 11.9. The van der Waals surface area contributed by atoms with Crippen molar-refractivity contribution in [2.75, 3.05) is 13.2 Å².